The summed E-state index contributed by atoms with van der Waals surface area (Å²) >= 11 is 1.80. The number of rotatable bonds is 2. The summed E-state index contributed by atoms with van der Waals surface area (Å²) in [7, 11) is 0. The number of thioether (sulfide) groups is 1. The molecule has 2 atom stereocenters. The van der Waals surface area contributed by atoms with Crippen LogP contribution in [0.3, 0.4) is 0 Å². The van der Waals surface area contributed by atoms with Crippen LogP contribution in [-0.4, -0.2) is 54.2 Å². The number of piperazine rings is 1. The highest BCUT2D eigenvalue weighted by atomic mass is 32.2. The monoisotopic (exact) mass is 291 g/mol. The van der Waals surface area contributed by atoms with Gasteiger partial charge in [-0.2, -0.15) is 0 Å². The van der Waals surface area contributed by atoms with Crippen molar-refractivity contribution in [2.45, 2.75) is 19.0 Å². The van der Waals surface area contributed by atoms with E-state index < -0.39 is 0 Å². The minimum atomic E-state index is 0.0192. The summed E-state index contributed by atoms with van der Waals surface area (Å²) in [5, 5.41) is 3.28. The lowest BCUT2D eigenvalue weighted by atomic mass is 10.1. The largest absolute Gasteiger partial charge is 0.368 e. The standard InChI is InChI=1S/C15H21N3OS/c1-12-9-17(13-5-3-2-4-6-13)7-8-18(12)15(19)14-10-20-11-16-14/h2-6,12,14,16H,7-11H2,1H3. The van der Waals surface area contributed by atoms with Crippen LogP contribution in [0.5, 0.6) is 0 Å². The van der Waals surface area contributed by atoms with E-state index in [1.165, 1.54) is 5.69 Å². The summed E-state index contributed by atoms with van der Waals surface area (Å²) < 4.78 is 0. The van der Waals surface area contributed by atoms with Crippen molar-refractivity contribution in [1.29, 1.82) is 0 Å². The number of carbonyl (C=O) groups excluding carboxylic acids is 1. The molecular weight excluding hydrogens is 270 g/mol. The lowest BCUT2D eigenvalue weighted by Crippen LogP contribution is -2.58. The smallest absolute Gasteiger partial charge is 0.240 e. The number of carbonyl (C=O) groups is 1. The van der Waals surface area contributed by atoms with Gasteiger partial charge in [-0.15, -0.1) is 11.8 Å². The molecule has 2 aliphatic rings. The Balaban J connectivity index is 1.63. The van der Waals surface area contributed by atoms with E-state index in [9.17, 15) is 4.79 Å². The Morgan fingerprint density at radius 3 is 2.75 bits per heavy atom. The molecule has 0 saturated carbocycles. The molecule has 0 spiro atoms. The predicted molar refractivity (Wildman–Crippen MR) is 84.1 cm³/mol. The van der Waals surface area contributed by atoms with Gasteiger partial charge in [0.05, 0.1) is 6.04 Å². The molecule has 1 N–H and O–H groups in total. The highest BCUT2D eigenvalue weighted by molar-refractivity contribution is 7.99. The minimum Gasteiger partial charge on any atom is -0.368 e. The zero-order valence-electron chi connectivity index (χ0n) is 11.8. The van der Waals surface area contributed by atoms with Gasteiger partial charge in [-0.25, -0.2) is 0 Å². The average Bonchev–Trinajstić information content (AvgIpc) is 3.01. The molecule has 0 bridgehead atoms. The molecular formula is C15H21N3OS. The van der Waals surface area contributed by atoms with Crippen molar-refractivity contribution in [2.24, 2.45) is 0 Å². The molecule has 0 aromatic heterocycles. The third-order valence-corrected chi connectivity index (χ3v) is 4.99. The first-order valence-electron chi connectivity index (χ1n) is 7.17. The molecule has 3 rings (SSSR count). The molecule has 5 heteroatoms. The number of amides is 1. The molecule has 2 aliphatic heterocycles. The van der Waals surface area contributed by atoms with E-state index in [4.69, 9.17) is 0 Å². The number of hydrogen-bond donors (Lipinski definition) is 1. The molecule has 108 valence electrons. The van der Waals surface area contributed by atoms with Crippen LogP contribution in [0.1, 0.15) is 6.92 Å². The van der Waals surface area contributed by atoms with E-state index in [-0.39, 0.29) is 18.0 Å². The number of anilines is 1. The minimum absolute atomic E-state index is 0.0192. The molecule has 1 amide bonds. The normalized spacial score (nSPS) is 26.9. The Kier molecular flexibility index (Phi) is 4.17. The first kappa shape index (κ1) is 13.8. The summed E-state index contributed by atoms with van der Waals surface area (Å²) in [5.74, 6) is 2.08. The maximum absolute atomic E-state index is 12.5. The number of nitrogens with zero attached hydrogens (tertiary/aromatic N) is 2. The number of para-hydroxylation sites is 1. The van der Waals surface area contributed by atoms with Crippen LogP contribution in [0.4, 0.5) is 5.69 Å². The quantitative estimate of drug-likeness (QED) is 0.893. The van der Waals surface area contributed by atoms with Crippen molar-refractivity contribution in [2.75, 3.05) is 36.2 Å². The third-order valence-electron chi connectivity index (χ3n) is 4.05. The second-order valence-electron chi connectivity index (χ2n) is 5.43. The van der Waals surface area contributed by atoms with Crippen LogP contribution in [0, 0.1) is 0 Å². The van der Waals surface area contributed by atoms with Crippen LogP contribution in [-0.2, 0) is 4.79 Å². The van der Waals surface area contributed by atoms with Gasteiger partial charge in [0.25, 0.3) is 0 Å². The van der Waals surface area contributed by atoms with Crippen LogP contribution in [0.25, 0.3) is 0 Å². The summed E-state index contributed by atoms with van der Waals surface area (Å²) in [6.45, 7) is 4.79. The van der Waals surface area contributed by atoms with Crippen molar-refractivity contribution < 1.29 is 4.79 Å². The predicted octanol–water partition coefficient (Wildman–Crippen LogP) is 1.39. The van der Waals surface area contributed by atoms with Crippen molar-refractivity contribution in [3.05, 3.63) is 30.3 Å². The highest BCUT2D eigenvalue weighted by Crippen LogP contribution is 2.20. The molecule has 2 fully saturated rings. The first-order valence-corrected chi connectivity index (χ1v) is 8.33. The van der Waals surface area contributed by atoms with Crippen molar-refractivity contribution in [3.63, 3.8) is 0 Å². The van der Waals surface area contributed by atoms with Gasteiger partial charge in [0.15, 0.2) is 0 Å². The fraction of sp³-hybridized carbons (Fsp3) is 0.533. The third kappa shape index (κ3) is 2.79. The maximum atomic E-state index is 12.5. The van der Waals surface area contributed by atoms with E-state index in [0.29, 0.717) is 0 Å². The van der Waals surface area contributed by atoms with Gasteiger partial charge in [-0.05, 0) is 19.1 Å². The Morgan fingerprint density at radius 2 is 2.10 bits per heavy atom. The lowest BCUT2D eigenvalue weighted by Gasteiger charge is -2.41. The fourth-order valence-electron chi connectivity index (χ4n) is 2.91. The van der Waals surface area contributed by atoms with Gasteiger partial charge < -0.3 is 9.80 Å². The molecule has 1 aromatic rings. The topological polar surface area (TPSA) is 35.6 Å². The van der Waals surface area contributed by atoms with Crippen molar-refractivity contribution >= 4 is 23.4 Å². The molecule has 2 unspecified atom stereocenters. The number of hydrogen-bond acceptors (Lipinski definition) is 4. The van der Waals surface area contributed by atoms with Gasteiger partial charge in [-0.3, -0.25) is 10.1 Å². The number of nitrogens with one attached hydrogen (secondary N) is 1. The average molecular weight is 291 g/mol. The van der Waals surface area contributed by atoms with Gasteiger partial charge in [0.2, 0.25) is 5.91 Å². The molecule has 1 aromatic carbocycles. The Hall–Kier alpha value is -1.20. The first-order chi connectivity index (χ1) is 9.75. The van der Waals surface area contributed by atoms with E-state index in [2.05, 4.69) is 41.4 Å². The molecule has 0 radical (unpaired) electrons. The summed E-state index contributed by atoms with van der Waals surface area (Å²) in [5.41, 5.74) is 1.25. The maximum Gasteiger partial charge on any atom is 0.240 e. The van der Waals surface area contributed by atoms with Crippen LogP contribution in [0.2, 0.25) is 0 Å². The van der Waals surface area contributed by atoms with Gasteiger partial charge in [0.1, 0.15) is 0 Å². The molecule has 2 heterocycles. The SMILES string of the molecule is CC1CN(c2ccccc2)CCN1C(=O)C1CSCN1. The Bertz CT molecular complexity index is 461. The van der Waals surface area contributed by atoms with Crippen LogP contribution < -0.4 is 10.2 Å². The Labute approximate surface area is 124 Å². The van der Waals surface area contributed by atoms with Gasteiger partial charge >= 0.3 is 0 Å². The Morgan fingerprint density at radius 1 is 1.30 bits per heavy atom. The van der Waals surface area contributed by atoms with Gasteiger partial charge in [-0.1, -0.05) is 18.2 Å². The van der Waals surface area contributed by atoms with E-state index in [1.807, 2.05) is 11.0 Å². The van der Waals surface area contributed by atoms with Crippen LogP contribution in [0.15, 0.2) is 30.3 Å². The summed E-state index contributed by atoms with van der Waals surface area (Å²) in [6, 6.07) is 10.7. The zero-order chi connectivity index (χ0) is 13.9. The molecule has 0 aliphatic carbocycles. The second kappa shape index (κ2) is 6.06. The molecule has 2 saturated heterocycles. The van der Waals surface area contributed by atoms with Crippen molar-refractivity contribution in [1.82, 2.24) is 10.2 Å². The van der Waals surface area contributed by atoms with Crippen molar-refractivity contribution in [3.8, 4) is 0 Å². The lowest BCUT2D eigenvalue weighted by molar-refractivity contribution is -0.135. The highest BCUT2D eigenvalue weighted by Gasteiger charge is 2.33. The fourth-order valence-corrected chi connectivity index (χ4v) is 3.85. The second-order valence-corrected chi connectivity index (χ2v) is 6.46. The van der Waals surface area contributed by atoms with Gasteiger partial charge in [0, 0.05) is 43.0 Å². The van der Waals surface area contributed by atoms with E-state index in [0.717, 1.165) is 31.3 Å². The number of benzene rings is 1. The molecule has 4 nitrogen and oxygen atoms in total. The summed E-state index contributed by atoms with van der Waals surface area (Å²) in [6.07, 6.45) is 0. The molecule has 20 heavy (non-hydrogen) atoms. The van der Waals surface area contributed by atoms with E-state index in [1.54, 1.807) is 11.8 Å². The van der Waals surface area contributed by atoms with E-state index >= 15 is 0 Å². The van der Waals surface area contributed by atoms with Crippen LogP contribution >= 0.6 is 11.8 Å². The zero-order valence-corrected chi connectivity index (χ0v) is 12.6. The summed E-state index contributed by atoms with van der Waals surface area (Å²) in [4.78, 5) is 16.9.